The summed E-state index contributed by atoms with van der Waals surface area (Å²) in [6.45, 7) is 2.76. The number of carbonyl (C=O) groups excluding carboxylic acids is 1. The largest absolute Gasteiger partial charge is 0.444 e. The van der Waals surface area contributed by atoms with E-state index in [9.17, 15) is 23.1 Å². The van der Waals surface area contributed by atoms with Crippen LogP contribution in [-0.4, -0.2) is 93.9 Å². The lowest BCUT2D eigenvalue weighted by atomic mass is 10.2. The van der Waals surface area contributed by atoms with Gasteiger partial charge in [-0.15, -0.1) is 0 Å². The predicted octanol–water partition coefficient (Wildman–Crippen LogP) is 3.09. The second-order valence-corrected chi connectivity index (χ2v) is 10.1. The van der Waals surface area contributed by atoms with Crippen LogP contribution in [0.1, 0.15) is 22.6 Å². The Morgan fingerprint density at radius 3 is 2.63 bits per heavy atom. The normalized spacial score (nSPS) is 18.4. The molecule has 2 aliphatic rings. The highest BCUT2D eigenvalue weighted by Gasteiger charge is 2.33. The Morgan fingerprint density at radius 1 is 1.12 bits per heavy atom. The van der Waals surface area contributed by atoms with Crippen LogP contribution in [0.15, 0.2) is 39.5 Å². The van der Waals surface area contributed by atoms with Crippen LogP contribution in [-0.2, 0) is 0 Å². The van der Waals surface area contributed by atoms with Gasteiger partial charge in [-0.2, -0.15) is 18.2 Å². The highest BCUT2D eigenvalue weighted by Crippen LogP contribution is 2.33. The van der Waals surface area contributed by atoms with Crippen molar-refractivity contribution in [3.05, 3.63) is 42.0 Å². The topological polar surface area (TPSA) is 137 Å². The van der Waals surface area contributed by atoms with Crippen molar-refractivity contribution in [3.8, 4) is 11.5 Å². The van der Waals surface area contributed by atoms with Crippen molar-refractivity contribution in [3.63, 3.8) is 0 Å². The van der Waals surface area contributed by atoms with Gasteiger partial charge in [-0.3, -0.25) is 14.7 Å². The number of pyridine rings is 2. The van der Waals surface area contributed by atoms with E-state index in [1.165, 1.54) is 11.2 Å². The molecule has 216 valence electrons. The maximum absolute atomic E-state index is 13.2. The van der Waals surface area contributed by atoms with Gasteiger partial charge in [0.15, 0.2) is 17.1 Å². The zero-order valence-electron chi connectivity index (χ0n) is 22.1. The van der Waals surface area contributed by atoms with Crippen molar-refractivity contribution < 1.29 is 31.9 Å². The van der Waals surface area contributed by atoms with Gasteiger partial charge in [-0.1, -0.05) is 0 Å². The summed E-state index contributed by atoms with van der Waals surface area (Å²) in [6, 6.07) is 5.36. The quantitative estimate of drug-likeness (QED) is 0.353. The van der Waals surface area contributed by atoms with E-state index in [4.69, 9.17) is 8.83 Å². The highest BCUT2D eigenvalue weighted by atomic mass is 19.4. The number of nitrogens with one attached hydrogen (secondary N) is 1. The minimum atomic E-state index is -4.25. The summed E-state index contributed by atoms with van der Waals surface area (Å²) >= 11 is 0. The fourth-order valence-electron chi connectivity index (χ4n) is 4.97. The molecule has 1 atom stereocenters. The summed E-state index contributed by atoms with van der Waals surface area (Å²) in [5.74, 6) is 0.145. The lowest BCUT2D eigenvalue weighted by Crippen LogP contribution is -2.49. The van der Waals surface area contributed by atoms with Crippen LogP contribution in [0.3, 0.4) is 0 Å². The fourth-order valence-corrected chi connectivity index (χ4v) is 4.97. The molecule has 2 N–H and O–H groups in total. The molecule has 4 aromatic rings. The van der Waals surface area contributed by atoms with E-state index in [0.717, 1.165) is 5.69 Å². The number of nitrogens with zero attached hydrogens (tertiary/aromatic N) is 7. The summed E-state index contributed by atoms with van der Waals surface area (Å²) in [5, 5.41) is 13.0. The standard InChI is InChI=1S/C26H27F3N8O4/c1-15-10-16(2-4-30-15)24-32-19(13-40-24)23(39)31-18-11-20-21(33-22(18)37-5-3-17(38)12-37)34-25(41-20)36-8-6-35(7-9-36)14-26(27,28)29/h2,4,10-11,13,17,38H,3,5-9,12,14H2,1H3,(H,31,39). The Balaban J connectivity index is 1.25. The first kappa shape index (κ1) is 27.0. The van der Waals surface area contributed by atoms with Crippen LogP contribution >= 0.6 is 0 Å². The van der Waals surface area contributed by atoms with Crippen molar-refractivity contribution in [2.24, 2.45) is 0 Å². The molecule has 1 unspecified atom stereocenters. The molecule has 41 heavy (non-hydrogen) atoms. The van der Waals surface area contributed by atoms with Crippen LogP contribution in [0, 0.1) is 6.92 Å². The summed E-state index contributed by atoms with van der Waals surface area (Å²) in [4.78, 5) is 35.7. The zero-order chi connectivity index (χ0) is 28.7. The summed E-state index contributed by atoms with van der Waals surface area (Å²) in [6.07, 6.45) is -1.37. The van der Waals surface area contributed by atoms with Crippen molar-refractivity contribution in [2.45, 2.75) is 25.6 Å². The van der Waals surface area contributed by atoms with E-state index < -0.39 is 24.7 Å². The third-order valence-corrected chi connectivity index (χ3v) is 6.99. The Labute approximate surface area is 231 Å². The molecule has 0 bridgehead atoms. The van der Waals surface area contributed by atoms with Gasteiger partial charge in [0.2, 0.25) is 11.5 Å². The Morgan fingerprint density at radius 2 is 1.93 bits per heavy atom. The molecule has 2 fully saturated rings. The number of hydrogen-bond donors (Lipinski definition) is 2. The SMILES string of the molecule is Cc1cc(-c2nc(C(=O)Nc3cc4oc(N5CCN(CC(F)(F)F)CC5)nc4nc3N3CCC(O)C3)co2)ccn1. The van der Waals surface area contributed by atoms with Crippen molar-refractivity contribution in [1.29, 1.82) is 0 Å². The smallest absolute Gasteiger partial charge is 0.401 e. The number of alkyl halides is 3. The fraction of sp³-hybridized carbons (Fsp3) is 0.423. The molecule has 2 saturated heterocycles. The third-order valence-electron chi connectivity index (χ3n) is 6.99. The van der Waals surface area contributed by atoms with Crippen LogP contribution in [0.25, 0.3) is 22.7 Å². The van der Waals surface area contributed by atoms with Gasteiger partial charge in [0, 0.05) is 62.8 Å². The molecule has 1 amide bonds. The lowest BCUT2D eigenvalue weighted by molar-refractivity contribution is -0.146. The number of rotatable bonds is 6. The molecule has 6 rings (SSSR count). The van der Waals surface area contributed by atoms with Gasteiger partial charge < -0.3 is 29.1 Å². The third kappa shape index (κ3) is 5.95. The van der Waals surface area contributed by atoms with Crippen LogP contribution in [0.4, 0.5) is 30.7 Å². The number of halogens is 3. The maximum atomic E-state index is 13.2. The molecule has 4 aromatic heterocycles. The molecule has 12 nitrogen and oxygen atoms in total. The number of hydrogen-bond acceptors (Lipinski definition) is 11. The van der Waals surface area contributed by atoms with E-state index in [1.807, 2.05) is 11.8 Å². The maximum Gasteiger partial charge on any atom is 0.401 e. The van der Waals surface area contributed by atoms with Gasteiger partial charge in [-0.25, -0.2) is 9.97 Å². The number of aliphatic hydroxyl groups excluding tert-OH is 1. The average Bonchev–Trinajstić information content (AvgIpc) is 3.67. The number of aryl methyl sites for hydroxylation is 1. The summed E-state index contributed by atoms with van der Waals surface area (Å²) in [7, 11) is 0. The number of fused-ring (bicyclic) bond motifs is 1. The second kappa shape index (κ2) is 10.6. The minimum absolute atomic E-state index is 0.0527. The molecule has 15 heteroatoms. The number of oxazole rings is 2. The molecular formula is C26H27F3N8O4. The van der Waals surface area contributed by atoms with Crippen LogP contribution in [0.2, 0.25) is 0 Å². The number of piperazine rings is 1. The van der Waals surface area contributed by atoms with Gasteiger partial charge in [0.25, 0.3) is 11.9 Å². The monoisotopic (exact) mass is 572 g/mol. The molecular weight excluding hydrogens is 545 g/mol. The first-order valence-electron chi connectivity index (χ1n) is 13.1. The van der Waals surface area contributed by atoms with Crippen LogP contribution < -0.4 is 15.1 Å². The van der Waals surface area contributed by atoms with E-state index >= 15 is 0 Å². The summed E-state index contributed by atoms with van der Waals surface area (Å²) in [5.41, 5.74) is 2.42. The van der Waals surface area contributed by atoms with E-state index in [-0.39, 0.29) is 36.3 Å². The van der Waals surface area contributed by atoms with Gasteiger partial charge >= 0.3 is 6.18 Å². The van der Waals surface area contributed by atoms with Crippen molar-refractivity contribution in [1.82, 2.24) is 24.8 Å². The highest BCUT2D eigenvalue weighted by molar-refractivity contribution is 6.05. The van der Waals surface area contributed by atoms with Gasteiger partial charge in [0.1, 0.15) is 6.26 Å². The van der Waals surface area contributed by atoms with E-state index in [2.05, 4.69) is 25.3 Å². The molecule has 0 spiro atoms. The van der Waals surface area contributed by atoms with Crippen molar-refractivity contribution in [2.75, 3.05) is 60.9 Å². The molecule has 0 aromatic carbocycles. The number of β-amino-alcohol motifs (C(OH)–C–C–N with tert-alkyl or cyclic N) is 1. The Bertz CT molecular complexity index is 1560. The lowest BCUT2D eigenvalue weighted by Gasteiger charge is -2.33. The van der Waals surface area contributed by atoms with Gasteiger partial charge in [-0.05, 0) is 25.5 Å². The number of aliphatic hydroxyl groups is 1. The zero-order valence-corrected chi connectivity index (χ0v) is 22.1. The number of amides is 1. The first-order valence-corrected chi connectivity index (χ1v) is 13.1. The Hall–Kier alpha value is -4.24. The van der Waals surface area contributed by atoms with Gasteiger partial charge in [0.05, 0.1) is 18.3 Å². The van der Waals surface area contributed by atoms with E-state index in [0.29, 0.717) is 55.3 Å². The first-order chi connectivity index (χ1) is 19.6. The summed E-state index contributed by atoms with van der Waals surface area (Å²) < 4.78 is 49.8. The molecule has 0 saturated carbocycles. The molecule has 2 aliphatic heterocycles. The van der Waals surface area contributed by atoms with Crippen molar-refractivity contribution >= 4 is 34.7 Å². The predicted molar refractivity (Wildman–Crippen MR) is 142 cm³/mol. The van der Waals surface area contributed by atoms with E-state index in [1.54, 1.807) is 29.3 Å². The second-order valence-electron chi connectivity index (χ2n) is 10.1. The van der Waals surface area contributed by atoms with Crippen LogP contribution in [0.5, 0.6) is 0 Å². The average molecular weight is 573 g/mol. The molecule has 0 aliphatic carbocycles. The minimum Gasteiger partial charge on any atom is -0.444 e. The molecule has 6 heterocycles. The number of carbonyl (C=O) groups is 1. The molecule has 0 radical (unpaired) electrons. The number of anilines is 3. The Kier molecular flexibility index (Phi) is 6.99. The number of aromatic nitrogens is 4.